The molecule has 5 heteroatoms. The normalized spacial score (nSPS) is 24.5. The van der Waals surface area contributed by atoms with E-state index >= 15 is 0 Å². The van der Waals surface area contributed by atoms with E-state index in [0.717, 1.165) is 5.82 Å². The molecule has 0 saturated carbocycles. The Morgan fingerprint density at radius 3 is 3.06 bits per heavy atom. The quantitative estimate of drug-likeness (QED) is 0.696. The first-order chi connectivity index (χ1) is 7.75. The van der Waals surface area contributed by atoms with E-state index in [0.29, 0.717) is 12.1 Å². The Morgan fingerprint density at radius 2 is 2.44 bits per heavy atom. The molecule has 5 nitrogen and oxygen atoms in total. The average molecular weight is 223 g/mol. The predicted octanol–water partition coefficient (Wildman–Crippen LogP) is 0.986. The van der Waals surface area contributed by atoms with Crippen LogP contribution in [0.5, 0.6) is 0 Å². The van der Waals surface area contributed by atoms with Crippen molar-refractivity contribution in [1.82, 2.24) is 25.8 Å². The van der Waals surface area contributed by atoms with Gasteiger partial charge in [-0.15, -0.1) is 0 Å². The molecular weight excluding hydrogens is 202 g/mol. The molecule has 0 radical (unpaired) electrons. The van der Waals surface area contributed by atoms with E-state index in [-0.39, 0.29) is 6.04 Å². The number of hydrogen-bond donors (Lipinski definition) is 3. The van der Waals surface area contributed by atoms with Gasteiger partial charge >= 0.3 is 0 Å². The van der Waals surface area contributed by atoms with Gasteiger partial charge in [0.15, 0.2) is 0 Å². The Hall–Kier alpha value is -0.940. The molecule has 0 spiro atoms. The first-order valence-electron chi connectivity index (χ1n) is 6.10. The van der Waals surface area contributed by atoms with E-state index in [1.165, 1.54) is 25.8 Å². The van der Waals surface area contributed by atoms with Crippen LogP contribution in [-0.2, 0) is 0 Å². The van der Waals surface area contributed by atoms with Crippen molar-refractivity contribution >= 4 is 0 Å². The van der Waals surface area contributed by atoms with Crippen LogP contribution in [0.2, 0.25) is 0 Å². The summed E-state index contributed by atoms with van der Waals surface area (Å²) in [5, 5.41) is 13.8. The number of hydrogen-bond acceptors (Lipinski definition) is 4. The second kappa shape index (κ2) is 5.41. The molecule has 1 aliphatic rings. The van der Waals surface area contributed by atoms with Gasteiger partial charge in [-0.1, -0.05) is 0 Å². The summed E-state index contributed by atoms with van der Waals surface area (Å²) in [5.74, 6) is 0.909. The Morgan fingerprint density at radius 1 is 1.56 bits per heavy atom. The maximum atomic E-state index is 4.16. The first-order valence-corrected chi connectivity index (χ1v) is 6.10. The Bertz CT molecular complexity index is 291. The van der Waals surface area contributed by atoms with Crippen LogP contribution in [0.4, 0.5) is 0 Å². The molecule has 1 aromatic heterocycles. The van der Waals surface area contributed by atoms with Crippen LogP contribution in [0, 0.1) is 0 Å². The molecule has 1 aliphatic heterocycles. The third kappa shape index (κ3) is 3.02. The molecule has 1 fully saturated rings. The molecule has 0 aromatic carbocycles. The van der Waals surface area contributed by atoms with Crippen LogP contribution in [-0.4, -0.2) is 33.8 Å². The van der Waals surface area contributed by atoms with Gasteiger partial charge in [0, 0.05) is 12.1 Å². The highest BCUT2D eigenvalue weighted by Crippen LogP contribution is 2.13. The molecule has 90 valence electrons. The third-order valence-electron chi connectivity index (χ3n) is 3.18. The summed E-state index contributed by atoms with van der Waals surface area (Å²) in [6.45, 7) is 5.51. The highest BCUT2D eigenvalue weighted by atomic mass is 15.2. The van der Waals surface area contributed by atoms with Gasteiger partial charge in [0.2, 0.25) is 0 Å². The molecule has 3 unspecified atom stereocenters. The van der Waals surface area contributed by atoms with E-state index in [4.69, 9.17) is 0 Å². The van der Waals surface area contributed by atoms with Crippen LogP contribution in [0.1, 0.15) is 45.0 Å². The van der Waals surface area contributed by atoms with E-state index in [2.05, 4.69) is 39.7 Å². The van der Waals surface area contributed by atoms with E-state index in [1.807, 2.05) is 0 Å². The Kier molecular flexibility index (Phi) is 3.90. The molecule has 0 bridgehead atoms. The Labute approximate surface area is 96.4 Å². The van der Waals surface area contributed by atoms with Crippen LogP contribution >= 0.6 is 0 Å². The van der Waals surface area contributed by atoms with Crippen molar-refractivity contribution in [2.24, 2.45) is 0 Å². The van der Waals surface area contributed by atoms with Crippen molar-refractivity contribution in [3.63, 3.8) is 0 Å². The fourth-order valence-electron chi connectivity index (χ4n) is 2.38. The minimum absolute atomic E-state index is 0.235. The fourth-order valence-corrected chi connectivity index (χ4v) is 2.38. The fraction of sp³-hybridized carbons (Fsp3) is 0.818. The topological polar surface area (TPSA) is 65.6 Å². The van der Waals surface area contributed by atoms with Crippen molar-refractivity contribution in [1.29, 1.82) is 0 Å². The number of nitrogens with one attached hydrogen (secondary N) is 3. The second-order valence-electron chi connectivity index (χ2n) is 4.69. The average Bonchev–Trinajstić information content (AvgIpc) is 2.88. The monoisotopic (exact) mass is 223 g/mol. The van der Waals surface area contributed by atoms with Crippen LogP contribution in [0.15, 0.2) is 6.33 Å². The number of aromatic amines is 1. The predicted molar refractivity (Wildman–Crippen MR) is 63.0 cm³/mol. The van der Waals surface area contributed by atoms with E-state index in [9.17, 15) is 0 Å². The number of nitrogens with zero attached hydrogens (tertiary/aromatic N) is 2. The number of rotatable bonds is 5. The van der Waals surface area contributed by atoms with Crippen molar-refractivity contribution in [2.45, 2.75) is 51.2 Å². The van der Waals surface area contributed by atoms with E-state index < -0.39 is 0 Å². The van der Waals surface area contributed by atoms with Gasteiger partial charge in [0.05, 0.1) is 6.04 Å². The lowest BCUT2D eigenvalue weighted by Gasteiger charge is -2.21. The van der Waals surface area contributed by atoms with E-state index in [1.54, 1.807) is 6.33 Å². The van der Waals surface area contributed by atoms with Gasteiger partial charge < -0.3 is 10.6 Å². The van der Waals surface area contributed by atoms with Crippen LogP contribution < -0.4 is 10.6 Å². The first kappa shape index (κ1) is 11.5. The van der Waals surface area contributed by atoms with Crippen molar-refractivity contribution in [3.8, 4) is 0 Å². The van der Waals surface area contributed by atoms with Gasteiger partial charge in [-0.2, -0.15) is 5.10 Å². The standard InChI is InChI=1S/C11H21N5/c1-8(6-10-4-3-5-12-10)15-9(2)11-13-7-14-16-11/h7-10,12,15H,3-6H2,1-2H3,(H,13,14,16). The lowest BCUT2D eigenvalue weighted by molar-refractivity contribution is 0.400. The summed E-state index contributed by atoms with van der Waals surface area (Å²) in [6.07, 6.45) is 5.35. The molecular formula is C11H21N5. The molecule has 3 N–H and O–H groups in total. The lowest BCUT2D eigenvalue weighted by Crippen LogP contribution is -2.35. The number of H-pyrrole nitrogens is 1. The van der Waals surface area contributed by atoms with Gasteiger partial charge in [-0.3, -0.25) is 5.10 Å². The smallest absolute Gasteiger partial charge is 0.141 e. The van der Waals surface area contributed by atoms with Gasteiger partial charge in [0.25, 0.3) is 0 Å². The van der Waals surface area contributed by atoms with Gasteiger partial charge in [0.1, 0.15) is 12.2 Å². The Balaban J connectivity index is 1.75. The summed E-state index contributed by atoms with van der Waals surface area (Å²) in [7, 11) is 0. The largest absolute Gasteiger partial charge is 0.314 e. The van der Waals surface area contributed by atoms with Crippen molar-refractivity contribution in [2.75, 3.05) is 6.54 Å². The maximum absolute atomic E-state index is 4.16. The molecule has 3 atom stereocenters. The zero-order chi connectivity index (χ0) is 11.4. The summed E-state index contributed by atoms with van der Waals surface area (Å²) in [6, 6.07) is 1.42. The second-order valence-corrected chi connectivity index (χ2v) is 4.69. The molecule has 2 rings (SSSR count). The summed E-state index contributed by atoms with van der Waals surface area (Å²) in [4.78, 5) is 4.16. The van der Waals surface area contributed by atoms with Gasteiger partial charge in [-0.05, 0) is 39.7 Å². The molecule has 1 saturated heterocycles. The molecule has 0 amide bonds. The summed E-state index contributed by atoms with van der Waals surface area (Å²) < 4.78 is 0. The third-order valence-corrected chi connectivity index (χ3v) is 3.18. The van der Waals surface area contributed by atoms with Crippen LogP contribution in [0.3, 0.4) is 0 Å². The highest BCUT2D eigenvalue weighted by molar-refractivity contribution is 4.90. The molecule has 0 aliphatic carbocycles. The minimum atomic E-state index is 0.235. The SMILES string of the molecule is CC(CC1CCCN1)NC(C)c1ncn[nH]1. The summed E-state index contributed by atoms with van der Waals surface area (Å²) >= 11 is 0. The lowest BCUT2D eigenvalue weighted by atomic mass is 10.1. The minimum Gasteiger partial charge on any atom is -0.314 e. The summed E-state index contributed by atoms with van der Waals surface area (Å²) in [5.41, 5.74) is 0. The van der Waals surface area contributed by atoms with Crippen molar-refractivity contribution in [3.05, 3.63) is 12.2 Å². The zero-order valence-corrected chi connectivity index (χ0v) is 10.0. The zero-order valence-electron chi connectivity index (χ0n) is 10.0. The van der Waals surface area contributed by atoms with Crippen LogP contribution in [0.25, 0.3) is 0 Å². The molecule has 1 aromatic rings. The van der Waals surface area contributed by atoms with Crippen molar-refractivity contribution < 1.29 is 0 Å². The number of aromatic nitrogens is 3. The van der Waals surface area contributed by atoms with Gasteiger partial charge in [-0.25, -0.2) is 4.98 Å². The molecule has 16 heavy (non-hydrogen) atoms. The highest BCUT2D eigenvalue weighted by Gasteiger charge is 2.18. The maximum Gasteiger partial charge on any atom is 0.141 e. The molecule has 2 heterocycles.